The Kier molecular flexibility index (Phi) is 6.93. The fraction of sp³-hybridized carbons (Fsp3) is 0.111. The number of hydrogen-bond donors (Lipinski definition) is 0. The second kappa shape index (κ2) is 6.89. The van der Waals surface area contributed by atoms with E-state index in [1.165, 1.54) is 0 Å². The Balaban J connectivity index is 0.00000256. The second-order valence-corrected chi connectivity index (χ2v) is 3.13. The molecule has 0 aromatic heterocycles. The molecule has 0 spiro atoms. The first-order valence-corrected chi connectivity index (χ1v) is 4.25. The third kappa shape index (κ3) is 6.01. The van der Waals surface area contributed by atoms with Crippen LogP contribution in [-0.4, -0.2) is 13.6 Å². The summed E-state index contributed by atoms with van der Waals surface area (Å²) in [7, 11) is 0. The summed E-state index contributed by atoms with van der Waals surface area (Å²) >= 11 is 0. The summed E-state index contributed by atoms with van der Waals surface area (Å²) in [6.45, 7) is -3.26. The molecule has 0 bridgehead atoms. The average Bonchev–Trinajstić information content (AvgIpc) is 2.11. The summed E-state index contributed by atoms with van der Waals surface area (Å²) < 4.78 is 66.0. The maximum atomic E-state index is 12.6. The van der Waals surface area contributed by atoms with Crippen LogP contribution in [0, 0.1) is 11.6 Å². The molecule has 8 heteroatoms. The molecule has 0 radical (unpaired) electrons. The van der Waals surface area contributed by atoms with E-state index in [0.29, 0.717) is 6.07 Å². The van der Waals surface area contributed by atoms with Crippen molar-refractivity contribution >= 4 is 6.98 Å². The van der Waals surface area contributed by atoms with Crippen molar-refractivity contribution in [3.05, 3.63) is 41.9 Å². The van der Waals surface area contributed by atoms with E-state index in [9.17, 15) is 21.7 Å². The van der Waals surface area contributed by atoms with Gasteiger partial charge in [0.15, 0.2) is 0 Å². The van der Waals surface area contributed by atoms with E-state index in [0.717, 1.165) is 12.1 Å². The maximum Gasteiger partial charge on any atom is 1.00 e. The normalized spacial score (nSPS) is 10.6. The van der Waals surface area contributed by atoms with Crippen LogP contribution in [0.2, 0.25) is 0 Å². The molecule has 1 aromatic rings. The molecule has 0 unspecified atom stereocenters. The topological polar surface area (TPSA) is 9.23 Å². The Morgan fingerprint density at radius 1 is 1.12 bits per heavy atom. The van der Waals surface area contributed by atoms with Crippen molar-refractivity contribution in [3.8, 4) is 5.75 Å². The van der Waals surface area contributed by atoms with Crippen LogP contribution in [0.15, 0.2) is 30.3 Å². The molecule has 0 amide bonds. The van der Waals surface area contributed by atoms with Gasteiger partial charge in [-0.05, 0) is 0 Å². The van der Waals surface area contributed by atoms with Gasteiger partial charge in [-0.3, -0.25) is 0 Å². The van der Waals surface area contributed by atoms with Gasteiger partial charge in [0.05, 0.1) is 6.61 Å². The Labute approximate surface area is 138 Å². The summed E-state index contributed by atoms with van der Waals surface area (Å²) in [5.41, 5.74) is -1.07. The van der Waals surface area contributed by atoms with Gasteiger partial charge in [0.25, 0.3) is 0 Å². The molecule has 0 fully saturated rings. The predicted molar refractivity (Wildman–Crippen MR) is 50.1 cm³/mol. The van der Waals surface area contributed by atoms with Crippen LogP contribution in [0.25, 0.3) is 0 Å². The van der Waals surface area contributed by atoms with Gasteiger partial charge in [-0.25, -0.2) is 8.78 Å². The average molecular weight is 276 g/mol. The van der Waals surface area contributed by atoms with E-state index in [2.05, 4.69) is 11.3 Å². The van der Waals surface area contributed by atoms with Gasteiger partial charge < -0.3 is 17.7 Å². The SMILES string of the molecule is C=C(COc1cc(F)cc(F)c1)[B-](F)(F)F.[K+]. The monoisotopic (exact) mass is 276 g/mol. The Bertz CT molecular complexity index is 387. The van der Waals surface area contributed by atoms with Gasteiger partial charge in [0.1, 0.15) is 17.4 Å². The number of benzene rings is 1. The molecule has 17 heavy (non-hydrogen) atoms. The molecule has 0 heterocycles. The smallest absolute Gasteiger partial charge is 0.492 e. The number of ether oxygens (including phenoxy) is 1. The molecule has 1 nitrogen and oxygen atoms in total. The molecule has 88 valence electrons. The molecule has 0 N–H and O–H groups in total. The Morgan fingerprint density at radius 2 is 1.59 bits per heavy atom. The molecule has 0 atom stereocenters. The molecular weight excluding hydrogens is 269 g/mol. The molecule has 0 aliphatic carbocycles. The van der Waals surface area contributed by atoms with Gasteiger partial charge in [0.2, 0.25) is 0 Å². The molecule has 0 saturated carbocycles. The molecular formula is C9H7BF5KO. The van der Waals surface area contributed by atoms with E-state index in [-0.39, 0.29) is 57.1 Å². The molecule has 0 saturated heterocycles. The van der Waals surface area contributed by atoms with Crippen LogP contribution < -0.4 is 56.1 Å². The van der Waals surface area contributed by atoms with Gasteiger partial charge in [-0.2, -0.15) is 0 Å². The van der Waals surface area contributed by atoms with Gasteiger partial charge >= 0.3 is 58.4 Å². The minimum absolute atomic E-state index is 0. The second-order valence-electron chi connectivity index (χ2n) is 3.13. The van der Waals surface area contributed by atoms with E-state index in [1.807, 2.05) is 0 Å². The quantitative estimate of drug-likeness (QED) is 0.567. The standard InChI is InChI=1S/C9H7BF5O.K/c1-6(10(13,14)15)5-16-9-3-7(11)2-8(12)4-9;/h2-4H,1,5H2;/q-1;+1. The van der Waals surface area contributed by atoms with Crippen LogP contribution >= 0.6 is 0 Å². The Morgan fingerprint density at radius 3 is 2.00 bits per heavy atom. The largest absolute Gasteiger partial charge is 1.00 e. The van der Waals surface area contributed by atoms with Crippen LogP contribution in [0.3, 0.4) is 0 Å². The van der Waals surface area contributed by atoms with Crippen molar-refractivity contribution in [3.63, 3.8) is 0 Å². The molecule has 1 aromatic carbocycles. The molecule has 0 aliphatic rings. The van der Waals surface area contributed by atoms with Crippen molar-refractivity contribution in [2.24, 2.45) is 0 Å². The van der Waals surface area contributed by atoms with Gasteiger partial charge in [-0.1, -0.05) is 0 Å². The summed E-state index contributed by atoms with van der Waals surface area (Å²) in [5.74, 6) is -2.14. The number of rotatable bonds is 4. The van der Waals surface area contributed by atoms with Crippen LogP contribution in [-0.2, 0) is 0 Å². The molecule has 0 aliphatic heterocycles. The zero-order chi connectivity index (χ0) is 12.3. The van der Waals surface area contributed by atoms with E-state index in [4.69, 9.17) is 0 Å². The third-order valence-electron chi connectivity index (χ3n) is 1.72. The minimum Gasteiger partial charge on any atom is -0.492 e. The van der Waals surface area contributed by atoms with Crippen LogP contribution in [0.1, 0.15) is 0 Å². The van der Waals surface area contributed by atoms with Crippen molar-refractivity contribution in [1.29, 1.82) is 0 Å². The van der Waals surface area contributed by atoms with Gasteiger partial charge in [-0.15, -0.1) is 12.1 Å². The Hall–Kier alpha value is 0.111. The van der Waals surface area contributed by atoms with Crippen LogP contribution in [0.5, 0.6) is 5.75 Å². The minimum atomic E-state index is -5.19. The first kappa shape index (κ1) is 17.1. The fourth-order valence-electron chi connectivity index (χ4n) is 0.882. The number of hydrogen-bond acceptors (Lipinski definition) is 1. The first-order valence-electron chi connectivity index (χ1n) is 4.25. The first-order chi connectivity index (χ1) is 7.29. The number of halogens is 5. The van der Waals surface area contributed by atoms with E-state index in [1.54, 1.807) is 0 Å². The van der Waals surface area contributed by atoms with Crippen molar-refractivity contribution in [2.75, 3.05) is 6.61 Å². The zero-order valence-corrected chi connectivity index (χ0v) is 12.1. The zero-order valence-electron chi connectivity index (χ0n) is 9.02. The van der Waals surface area contributed by atoms with Gasteiger partial charge in [0, 0.05) is 18.2 Å². The summed E-state index contributed by atoms with van der Waals surface area (Å²) in [5, 5.41) is 0. The third-order valence-corrected chi connectivity index (χ3v) is 1.72. The van der Waals surface area contributed by atoms with E-state index < -0.39 is 30.7 Å². The summed E-state index contributed by atoms with van der Waals surface area (Å²) in [6, 6.07) is 2.18. The van der Waals surface area contributed by atoms with E-state index >= 15 is 0 Å². The summed E-state index contributed by atoms with van der Waals surface area (Å²) in [6.07, 6.45) is 0. The van der Waals surface area contributed by atoms with Crippen molar-refractivity contribution in [1.82, 2.24) is 0 Å². The predicted octanol–water partition coefficient (Wildman–Crippen LogP) is 0.290. The molecule has 1 rings (SSSR count). The van der Waals surface area contributed by atoms with Crippen molar-refractivity contribution in [2.45, 2.75) is 0 Å². The fourth-order valence-corrected chi connectivity index (χ4v) is 0.882. The van der Waals surface area contributed by atoms with Crippen LogP contribution in [0.4, 0.5) is 21.7 Å². The maximum absolute atomic E-state index is 12.6. The summed E-state index contributed by atoms with van der Waals surface area (Å²) in [4.78, 5) is 0. The van der Waals surface area contributed by atoms with Crippen molar-refractivity contribution < 1.29 is 77.8 Å².